The molecule has 3 amide bonds. The molecule has 4 aromatic rings. The van der Waals surface area contributed by atoms with Gasteiger partial charge in [0.25, 0.3) is 17.7 Å². The summed E-state index contributed by atoms with van der Waals surface area (Å²) in [5.41, 5.74) is 3.42. The second-order valence-electron chi connectivity index (χ2n) is 10.8. The lowest BCUT2D eigenvalue weighted by Gasteiger charge is -2.26. The third-order valence-electron chi connectivity index (χ3n) is 7.61. The summed E-state index contributed by atoms with van der Waals surface area (Å²) in [6.45, 7) is 4.18. The Hall–Kier alpha value is -4.67. The molecule has 0 spiro atoms. The molecule has 1 aromatic heterocycles. The highest BCUT2D eigenvalue weighted by atomic mass is 35.5. The van der Waals surface area contributed by atoms with Gasteiger partial charge in [-0.15, -0.1) is 11.3 Å². The van der Waals surface area contributed by atoms with Crippen molar-refractivity contribution in [3.05, 3.63) is 116 Å². The van der Waals surface area contributed by atoms with E-state index in [0.717, 1.165) is 5.56 Å². The van der Waals surface area contributed by atoms with Crippen molar-refractivity contribution in [3.8, 4) is 0 Å². The van der Waals surface area contributed by atoms with Crippen LogP contribution in [0.5, 0.6) is 0 Å². The van der Waals surface area contributed by atoms with Gasteiger partial charge < -0.3 is 25.5 Å². The molecule has 3 N–H and O–H groups in total. The van der Waals surface area contributed by atoms with Crippen LogP contribution < -0.4 is 15.5 Å². The Morgan fingerprint density at radius 3 is 2.38 bits per heavy atom. The Kier molecular flexibility index (Phi) is 10.2. The number of halogens is 1. The monoisotopic (exact) mass is 644 g/mol. The van der Waals surface area contributed by atoms with Crippen molar-refractivity contribution in [2.24, 2.45) is 0 Å². The largest absolute Gasteiger partial charge is 0.481 e. The summed E-state index contributed by atoms with van der Waals surface area (Å²) in [6, 6.07) is 21.9. The Morgan fingerprint density at radius 2 is 1.67 bits per heavy atom. The van der Waals surface area contributed by atoms with Crippen molar-refractivity contribution in [1.29, 1.82) is 0 Å². The summed E-state index contributed by atoms with van der Waals surface area (Å²) in [6.07, 6.45) is 0.425. The van der Waals surface area contributed by atoms with Gasteiger partial charge in [0.15, 0.2) is 0 Å². The fraction of sp³-hybridized carbons (Fsp3) is 0.235. The maximum Gasteiger partial charge on any atom is 0.305 e. The van der Waals surface area contributed by atoms with E-state index in [-0.39, 0.29) is 17.9 Å². The zero-order valence-corrected chi connectivity index (χ0v) is 26.2. The second kappa shape index (κ2) is 14.4. The highest BCUT2D eigenvalue weighted by Gasteiger charge is 2.25. The molecule has 1 aliphatic rings. The fourth-order valence-electron chi connectivity index (χ4n) is 5.26. The van der Waals surface area contributed by atoms with Gasteiger partial charge in [0, 0.05) is 42.3 Å². The van der Waals surface area contributed by atoms with Crippen LogP contribution in [0.2, 0.25) is 5.02 Å². The minimum absolute atomic E-state index is 0.00200. The van der Waals surface area contributed by atoms with Gasteiger partial charge in [0.2, 0.25) is 0 Å². The predicted octanol–water partition coefficient (Wildman–Crippen LogP) is 6.26. The number of hydrogen-bond donors (Lipinski definition) is 3. The second-order valence-corrected chi connectivity index (χ2v) is 12.2. The molecule has 0 bridgehead atoms. The molecular formula is C34H33ClN4O5S. The lowest BCUT2D eigenvalue weighted by Crippen LogP contribution is -2.35. The summed E-state index contributed by atoms with van der Waals surface area (Å²) in [7, 11) is 0. The van der Waals surface area contributed by atoms with Gasteiger partial charge in [0.1, 0.15) is 0 Å². The molecule has 0 aliphatic carbocycles. The standard InChI is InChI=1S/C34H33ClN4O5S/c1-22-8-10-23(11-9-22)27(21-31(40)41)36-33(43)25-12-13-29(28(20-25)37-32(42)24-5-2-6-26(35)19-24)38-14-4-15-39(17-16-38)34(44)30-7-3-18-45-30/h2-3,5-13,18-20,27H,4,14-17,21H2,1H3,(H,36,43)(H,37,42)(H,40,41). The van der Waals surface area contributed by atoms with Crippen LogP contribution in [0.1, 0.15) is 60.4 Å². The zero-order chi connectivity index (χ0) is 31.9. The number of anilines is 2. The van der Waals surface area contributed by atoms with Gasteiger partial charge in [-0.2, -0.15) is 0 Å². The van der Waals surface area contributed by atoms with Gasteiger partial charge in [-0.1, -0.05) is 53.6 Å². The number of nitrogens with zero attached hydrogens (tertiary/aromatic N) is 2. The molecular weight excluding hydrogens is 612 g/mol. The van der Waals surface area contributed by atoms with Crippen LogP contribution in [0.15, 0.2) is 84.2 Å². The Morgan fingerprint density at radius 1 is 0.889 bits per heavy atom. The van der Waals surface area contributed by atoms with Crippen LogP contribution in [0, 0.1) is 6.92 Å². The average Bonchev–Trinajstić information content (AvgIpc) is 3.45. The number of carbonyl (C=O) groups is 4. The number of benzene rings is 3. The molecule has 9 nitrogen and oxygen atoms in total. The minimum Gasteiger partial charge on any atom is -0.481 e. The summed E-state index contributed by atoms with van der Waals surface area (Å²) in [5.74, 6) is -1.92. The van der Waals surface area contributed by atoms with Crippen molar-refractivity contribution in [1.82, 2.24) is 10.2 Å². The normalized spacial score (nSPS) is 13.9. The van der Waals surface area contributed by atoms with E-state index in [0.29, 0.717) is 65.0 Å². The Bertz CT molecular complexity index is 1690. The van der Waals surface area contributed by atoms with E-state index in [4.69, 9.17) is 11.6 Å². The Balaban J connectivity index is 1.42. The number of rotatable bonds is 9. The van der Waals surface area contributed by atoms with E-state index in [1.54, 1.807) is 54.6 Å². The molecule has 232 valence electrons. The third kappa shape index (κ3) is 8.09. The lowest BCUT2D eigenvalue weighted by molar-refractivity contribution is -0.137. The summed E-state index contributed by atoms with van der Waals surface area (Å²) in [5, 5.41) is 17.6. The van der Waals surface area contributed by atoms with E-state index >= 15 is 0 Å². The van der Waals surface area contributed by atoms with Gasteiger partial charge in [-0.25, -0.2) is 0 Å². The first-order valence-corrected chi connectivity index (χ1v) is 15.8. The molecule has 1 unspecified atom stereocenters. The van der Waals surface area contributed by atoms with Crippen molar-refractivity contribution < 1.29 is 24.3 Å². The number of amides is 3. The molecule has 3 aromatic carbocycles. The fourth-order valence-corrected chi connectivity index (χ4v) is 6.14. The molecule has 1 saturated heterocycles. The summed E-state index contributed by atoms with van der Waals surface area (Å²) >= 11 is 7.55. The molecule has 1 fully saturated rings. The number of carboxylic acid groups (broad SMARTS) is 1. The maximum atomic E-state index is 13.5. The van der Waals surface area contributed by atoms with Crippen molar-refractivity contribution in [2.75, 3.05) is 36.4 Å². The molecule has 0 saturated carbocycles. The summed E-state index contributed by atoms with van der Waals surface area (Å²) in [4.78, 5) is 56.1. The highest BCUT2D eigenvalue weighted by molar-refractivity contribution is 7.12. The first-order valence-electron chi connectivity index (χ1n) is 14.6. The van der Waals surface area contributed by atoms with Crippen LogP contribution in [0.3, 0.4) is 0 Å². The van der Waals surface area contributed by atoms with E-state index in [1.807, 2.05) is 41.5 Å². The first-order chi connectivity index (χ1) is 21.7. The van der Waals surface area contributed by atoms with E-state index in [9.17, 15) is 24.3 Å². The third-order valence-corrected chi connectivity index (χ3v) is 8.71. The number of nitrogens with one attached hydrogen (secondary N) is 2. The zero-order valence-electron chi connectivity index (χ0n) is 24.7. The number of aliphatic carboxylic acids is 1. The van der Waals surface area contributed by atoms with Gasteiger partial charge in [0.05, 0.1) is 28.7 Å². The van der Waals surface area contributed by atoms with Crippen LogP contribution in [0.25, 0.3) is 0 Å². The Labute approximate surface area is 270 Å². The average molecular weight is 645 g/mol. The van der Waals surface area contributed by atoms with Crippen molar-refractivity contribution in [2.45, 2.75) is 25.8 Å². The van der Waals surface area contributed by atoms with E-state index < -0.39 is 23.8 Å². The molecule has 2 heterocycles. The quantitative estimate of drug-likeness (QED) is 0.198. The number of aryl methyl sites for hydroxylation is 1. The maximum absolute atomic E-state index is 13.5. The van der Waals surface area contributed by atoms with E-state index in [1.165, 1.54) is 11.3 Å². The minimum atomic E-state index is -1.04. The molecule has 45 heavy (non-hydrogen) atoms. The molecule has 0 radical (unpaired) electrons. The van der Waals surface area contributed by atoms with Crippen molar-refractivity contribution >= 4 is 58.0 Å². The number of carbonyl (C=O) groups excluding carboxylic acids is 3. The van der Waals surface area contributed by atoms with Gasteiger partial charge >= 0.3 is 5.97 Å². The number of carboxylic acids is 1. The molecule has 1 atom stereocenters. The predicted molar refractivity (Wildman–Crippen MR) is 177 cm³/mol. The highest BCUT2D eigenvalue weighted by Crippen LogP contribution is 2.30. The number of hydrogen-bond acceptors (Lipinski definition) is 6. The topological polar surface area (TPSA) is 119 Å². The smallest absolute Gasteiger partial charge is 0.305 e. The van der Waals surface area contributed by atoms with Crippen LogP contribution in [-0.2, 0) is 4.79 Å². The lowest BCUT2D eigenvalue weighted by atomic mass is 10.0. The van der Waals surface area contributed by atoms with Gasteiger partial charge in [-0.05, 0) is 66.8 Å². The molecule has 11 heteroatoms. The van der Waals surface area contributed by atoms with Gasteiger partial charge in [-0.3, -0.25) is 19.2 Å². The van der Waals surface area contributed by atoms with Crippen LogP contribution in [0.4, 0.5) is 11.4 Å². The van der Waals surface area contributed by atoms with E-state index in [2.05, 4.69) is 15.5 Å². The number of thiophene rings is 1. The molecule has 5 rings (SSSR count). The first kappa shape index (κ1) is 31.7. The molecule has 1 aliphatic heterocycles. The van der Waals surface area contributed by atoms with Crippen LogP contribution >= 0.6 is 22.9 Å². The summed E-state index contributed by atoms with van der Waals surface area (Å²) < 4.78 is 0. The van der Waals surface area contributed by atoms with Crippen LogP contribution in [-0.4, -0.2) is 59.9 Å². The van der Waals surface area contributed by atoms with Crippen molar-refractivity contribution in [3.63, 3.8) is 0 Å². The SMILES string of the molecule is Cc1ccc(C(CC(=O)O)NC(=O)c2ccc(N3CCCN(C(=O)c4cccs4)CC3)c(NC(=O)c3cccc(Cl)c3)c2)cc1.